The van der Waals surface area contributed by atoms with E-state index in [0.29, 0.717) is 22.9 Å². The molecule has 0 aliphatic carbocycles. The van der Waals surface area contributed by atoms with E-state index < -0.39 is 0 Å². The van der Waals surface area contributed by atoms with E-state index in [9.17, 15) is 9.18 Å². The van der Waals surface area contributed by atoms with Crippen LogP contribution >= 0.6 is 11.8 Å². The second-order valence-electron chi connectivity index (χ2n) is 5.12. The molecule has 0 spiro atoms. The van der Waals surface area contributed by atoms with Gasteiger partial charge < -0.3 is 10.2 Å². The summed E-state index contributed by atoms with van der Waals surface area (Å²) in [5.74, 6) is 0.362. The number of thioether (sulfide) groups is 1. The predicted molar refractivity (Wildman–Crippen MR) is 81.6 cm³/mol. The van der Waals surface area contributed by atoms with Crippen LogP contribution in [-0.4, -0.2) is 43.2 Å². The van der Waals surface area contributed by atoms with Crippen LogP contribution in [0.5, 0.6) is 0 Å². The fourth-order valence-electron chi connectivity index (χ4n) is 2.55. The van der Waals surface area contributed by atoms with E-state index in [4.69, 9.17) is 0 Å². The van der Waals surface area contributed by atoms with Crippen molar-refractivity contribution < 1.29 is 9.18 Å². The van der Waals surface area contributed by atoms with Crippen molar-refractivity contribution in [3.8, 4) is 0 Å². The minimum Gasteiger partial charge on any atom is -0.337 e. The maximum Gasteiger partial charge on any atom is 0.253 e. The number of halogens is 1. The largest absolute Gasteiger partial charge is 0.337 e. The number of carbonyl (C=O) groups excluding carboxylic acids is 1. The molecule has 0 unspecified atom stereocenters. The highest BCUT2D eigenvalue weighted by molar-refractivity contribution is 7.97. The lowest BCUT2D eigenvalue weighted by Gasteiger charge is -2.32. The smallest absolute Gasteiger partial charge is 0.253 e. The van der Waals surface area contributed by atoms with Crippen molar-refractivity contribution in [2.75, 3.05) is 26.4 Å². The minimum absolute atomic E-state index is 0.00676. The van der Waals surface area contributed by atoms with Crippen molar-refractivity contribution in [1.29, 1.82) is 0 Å². The fourth-order valence-corrected chi connectivity index (χ4v) is 3.09. The number of hydrogen-bond donors (Lipinski definition) is 1. The van der Waals surface area contributed by atoms with Crippen LogP contribution in [0, 0.1) is 5.82 Å². The van der Waals surface area contributed by atoms with E-state index in [0.717, 1.165) is 25.9 Å². The van der Waals surface area contributed by atoms with Gasteiger partial charge in [0.05, 0.1) is 0 Å². The lowest BCUT2D eigenvalue weighted by Crippen LogP contribution is -2.46. The van der Waals surface area contributed by atoms with Gasteiger partial charge in [-0.1, -0.05) is 0 Å². The van der Waals surface area contributed by atoms with Gasteiger partial charge in [0.25, 0.3) is 5.91 Å². The number of hydrogen-bond acceptors (Lipinski definition) is 3. The Morgan fingerprint density at radius 3 is 3.05 bits per heavy atom. The number of carbonyl (C=O) groups is 1. The molecule has 1 heterocycles. The molecule has 110 valence electrons. The third-order valence-electron chi connectivity index (χ3n) is 3.71. The lowest BCUT2D eigenvalue weighted by atomic mass is 10.0. The van der Waals surface area contributed by atoms with Gasteiger partial charge in [-0.15, -0.1) is 0 Å². The van der Waals surface area contributed by atoms with Crippen molar-refractivity contribution in [2.24, 2.45) is 0 Å². The quantitative estimate of drug-likeness (QED) is 0.926. The highest BCUT2D eigenvalue weighted by Gasteiger charge is 2.23. The van der Waals surface area contributed by atoms with Crippen molar-refractivity contribution in [3.63, 3.8) is 0 Å². The topological polar surface area (TPSA) is 32.3 Å². The predicted octanol–water partition coefficient (Wildman–Crippen LogP) is 2.51. The SMILES string of the molecule is CN[C@@H]1CCCN(C(=O)c2ccc(F)c(CSC)c2)C1. The van der Waals surface area contributed by atoms with Gasteiger partial charge in [-0.2, -0.15) is 11.8 Å². The lowest BCUT2D eigenvalue weighted by molar-refractivity contribution is 0.0698. The monoisotopic (exact) mass is 296 g/mol. The molecule has 2 rings (SSSR count). The molecule has 5 heteroatoms. The first-order chi connectivity index (χ1) is 9.65. The number of piperidine rings is 1. The summed E-state index contributed by atoms with van der Waals surface area (Å²) >= 11 is 1.55. The van der Waals surface area contributed by atoms with Crippen LogP contribution in [0.15, 0.2) is 18.2 Å². The molecule has 20 heavy (non-hydrogen) atoms. The molecule has 1 aliphatic heterocycles. The summed E-state index contributed by atoms with van der Waals surface area (Å²) in [6, 6.07) is 5.04. The van der Waals surface area contributed by atoms with Gasteiger partial charge in [-0.3, -0.25) is 4.79 Å². The molecule has 0 aromatic heterocycles. The normalized spacial score (nSPS) is 19.1. The molecule has 0 bridgehead atoms. The Kier molecular flexibility index (Phi) is 5.43. The molecule has 1 fully saturated rings. The van der Waals surface area contributed by atoms with Gasteiger partial charge in [0.1, 0.15) is 5.82 Å². The van der Waals surface area contributed by atoms with Gasteiger partial charge >= 0.3 is 0 Å². The van der Waals surface area contributed by atoms with Gasteiger partial charge in [0, 0.05) is 30.4 Å². The van der Waals surface area contributed by atoms with Crippen LogP contribution in [0.3, 0.4) is 0 Å². The Balaban J connectivity index is 2.14. The van der Waals surface area contributed by atoms with E-state index in [-0.39, 0.29) is 11.7 Å². The number of likely N-dealkylation sites (tertiary alicyclic amines) is 1. The van der Waals surface area contributed by atoms with E-state index in [2.05, 4.69) is 5.32 Å². The first kappa shape index (κ1) is 15.3. The number of rotatable bonds is 4. The van der Waals surface area contributed by atoms with E-state index in [1.54, 1.807) is 23.9 Å². The molecule has 3 nitrogen and oxygen atoms in total. The molecule has 1 N–H and O–H groups in total. The van der Waals surface area contributed by atoms with Crippen LogP contribution in [-0.2, 0) is 5.75 Å². The third kappa shape index (κ3) is 3.52. The van der Waals surface area contributed by atoms with Gasteiger partial charge in [0.2, 0.25) is 0 Å². The maximum atomic E-state index is 13.6. The Hall–Kier alpha value is -1.07. The van der Waals surface area contributed by atoms with Crippen molar-refractivity contribution in [1.82, 2.24) is 10.2 Å². The minimum atomic E-state index is -0.234. The van der Waals surface area contributed by atoms with E-state index in [1.165, 1.54) is 6.07 Å². The number of amides is 1. The van der Waals surface area contributed by atoms with E-state index >= 15 is 0 Å². The molecule has 1 amide bonds. The van der Waals surface area contributed by atoms with Gasteiger partial charge in [0.15, 0.2) is 0 Å². The van der Waals surface area contributed by atoms with Crippen molar-refractivity contribution in [2.45, 2.75) is 24.6 Å². The second-order valence-corrected chi connectivity index (χ2v) is 5.98. The van der Waals surface area contributed by atoms with E-state index in [1.807, 2.05) is 18.2 Å². The average molecular weight is 296 g/mol. The summed E-state index contributed by atoms with van der Waals surface area (Å²) in [6.45, 7) is 1.51. The van der Waals surface area contributed by atoms with Crippen LogP contribution in [0.2, 0.25) is 0 Å². The first-order valence-electron chi connectivity index (χ1n) is 6.89. The summed E-state index contributed by atoms with van der Waals surface area (Å²) < 4.78 is 13.6. The Labute approximate surface area is 123 Å². The van der Waals surface area contributed by atoms with Gasteiger partial charge in [-0.05, 0) is 49.9 Å². The Morgan fingerprint density at radius 1 is 1.55 bits per heavy atom. The molecular formula is C15H21FN2OS. The van der Waals surface area contributed by atoms with Crippen LogP contribution < -0.4 is 5.32 Å². The summed E-state index contributed by atoms with van der Waals surface area (Å²) in [4.78, 5) is 14.4. The molecule has 0 saturated carbocycles. The standard InChI is InChI=1S/C15H21FN2OS/c1-17-13-4-3-7-18(9-13)15(19)11-5-6-14(16)12(8-11)10-20-2/h5-6,8,13,17H,3-4,7,9-10H2,1-2H3/t13-/m1/s1. The Morgan fingerprint density at radius 2 is 2.35 bits per heavy atom. The fraction of sp³-hybridized carbons (Fsp3) is 0.533. The average Bonchev–Trinajstić information content (AvgIpc) is 2.49. The molecule has 1 aromatic rings. The maximum absolute atomic E-state index is 13.6. The molecular weight excluding hydrogens is 275 g/mol. The highest BCUT2D eigenvalue weighted by atomic mass is 32.2. The summed E-state index contributed by atoms with van der Waals surface area (Å²) in [5.41, 5.74) is 1.19. The third-order valence-corrected chi connectivity index (χ3v) is 4.31. The van der Waals surface area contributed by atoms with Crippen LogP contribution in [0.4, 0.5) is 4.39 Å². The van der Waals surface area contributed by atoms with Crippen molar-refractivity contribution in [3.05, 3.63) is 35.1 Å². The number of likely N-dealkylation sites (N-methyl/N-ethyl adjacent to an activating group) is 1. The highest BCUT2D eigenvalue weighted by Crippen LogP contribution is 2.19. The van der Waals surface area contributed by atoms with Gasteiger partial charge in [-0.25, -0.2) is 4.39 Å². The summed E-state index contributed by atoms with van der Waals surface area (Å²) in [7, 11) is 1.92. The summed E-state index contributed by atoms with van der Waals surface area (Å²) in [6.07, 6.45) is 4.04. The number of benzene rings is 1. The molecule has 1 aliphatic rings. The zero-order valence-electron chi connectivity index (χ0n) is 12.0. The molecule has 1 aromatic carbocycles. The van der Waals surface area contributed by atoms with Crippen LogP contribution in [0.25, 0.3) is 0 Å². The summed E-state index contributed by atoms with van der Waals surface area (Å²) in [5, 5.41) is 3.22. The Bertz CT molecular complexity index is 481. The second kappa shape index (κ2) is 7.09. The molecule has 0 radical (unpaired) electrons. The van der Waals surface area contributed by atoms with Crippen molar-refractivity contribution >= 4 is 17.7 Å². The number of nitrogens with zero attached hydrogens (tertiary/aromatic N) is 1. The zero-order chi connectivity index (χ0) is 14.5. The molecule has 1 atom stereocenters. The zero-order valence-corrected chi connectivity index (χ0v) is 12.8. The molecule has 1 saturated heterocycles. The number of nitrogens with one attached hydrogen (secondary N) is 1. The first-order valence-corrected chi connectivity index (χ1v) is 8.29. The van der Waals surface area contributed by atoms with Crippen LogP contribution in [0.1, 0.15) is 28.8 Å².